The first-order valence-electron chi connectivity index (χ1n) is 9.97. The van der Waals surface area contributed by atoms with Gasteiger partial charge in [0.15, 0.2) is 0 Å². The van der Waals surface area contributed by atoms with E-state index in [4.69, 9.17) is 0 Å². The predicted molar refractivity (Wildman–Crippen MR) is 111 cm³/mol. The van der Waals surface area contributed by atoms with Crippen LogP contribution < -0.4 is 0 Å². The van der Waals surface area contributed by atoms with Crippen LogP contribution in [0.1, 0.15) is 42.7 Å². The summed E-state index contributed by atoms with van der Waals surface area (Å²) in [6.45, 7) is -0.331. The van der Waals surface area contributed by atoms with Gasteiger partial charge in [-0.1, -0.05) is 48.5 Å². The largest absolute Gasteiger partial charge is 0.395 e. The SMILES string of the molecule is N#C[C@H]1[C@H](c2ccccc2C2=CCCCC2)[C@H](CO)N1S(=O)(=O)c1ccccc1. The summed E-state index contributed by atoms with van der Waals surface area (Å²) in [5.41, 5.74) is 3.28. The third kappa shape index (κ3) is 3.40. The molecule has 2 aromatic carbocycles. The first kappa shape index (κ1) is 19.8. The zero-order valence-electron chi connectivity index (χ0n) is 16.1. The van der Waals surface area contributed by atoms with Gasteiger partial charge in [-0.25, -0.2) is 8.42 Å². The molecule has 29 heavy (non-hydrogen) atoms. The van der Waals surface area contributed by atoms with Crippen molar-refractivity contribution in [3.63, 3.8) is 0 Å². The summed E-state index contributed by atoms with van der Waals surface area (Å²) in [4.78, 5) is 0.139. The Morgan fingerprint density at radius 2 is 1.79 bits per heavy atom. The zero-order valence-corrected chi connectivity index (χ0v) is 16.9. The molecule has 0 radical (unpaired) electrons. The molecule has 0 bridgehead atoms. The van der Waals surface area contributed by atoms with Crippen LogP contribution in [0.4, 0.5) is 0 Å². The lowest BCUT2D eigenvalue weighted by molar-refractivity contribution is 0.0555. The van der Waals surface area contributed by atoms with Gasteiger partial charge in [0.25, 0.3) is 0 Å². The molecule has 1 saturated heterocycles. The van der Waals surface area contributed by atoms with Crippen LogP contribution >= 0.6 is 0 Å². The highest BCUT2D eigenvalue weighted by molar-refractivity contribution is 7.89. The fraction of sp³-hybridized carbons (Fsp3) is 0.348. The van der Waals surface area contributed by atoms with Crippen molar-refractivity contribution in [2.45, 2.75) is 48.6 Å². The highest BCUT2D eigenvalue weighted by atomic mass is 32.2. The van der Waals surface area contributed by atoms with E-state index < -0.39 is 22.1 Å². The quantitative estimate of drug-likeness (QED) is 0.818. The van der Waals surface area contributed by atoms with Gasteiger partial charge in [-0.2, -0.15) is 9.57 Å². The summed E-state index contributed by atoms with van der Waals surface area (Å²) in [6.07, 6.45) is 6.57. The lowest BCUT2D eigenvalue weighted by Crippen LogP contribution is -2.65. The van der Waals surface area contributed by atoms with Gasteiger partial charge in [-0.05, 0) is 54.5 Å². The van der Waals surface area contributed by atoms with E-state index >= 15 is 0 Å². The maximum Gasteiger partial charge on any atom is 0.244 e. The molecule has 1 N–H and O–H groups in total. The summed E-state index contributed by atoms with van der Waals surface area (Å²) in [7, 11) is -3.87. The second kappa shape index (κ2) is 8.11. The van der Waals surface area contributed by atoms with Gasteiger partial charge >= 0.3 is 0 Å². The second-order valence-corrected chi connectivity index (χ2v) is 9.40. The van der Waals surface area contributed by atoms with E-state index in [0.717, 1.165) is 30.4 Å². The molecule has 1 heterocycles. The van der Waals surface area contributed by atoms with Crippen LogP contribution in [0, 0.1) is 11.3 Å². The summed E-state index contributed by atoms with van der Waals surface area (Å²) >= 11 is 0. The van der Waals surface area contributed by atoms with Gasteiger partial charge in [-0.15, -0.1) is 0 Å². The van der Waals surface area contributed by atoms with Crippen molar-refractivity contribution in [3.05, 3.63) is 71.8 Å². The number of sulfonamides is 1. The molecule has 2 aromatic rings. The van der Waals surface area contributed by atoms with E-state index in [9.17, 15) is 18.8 Å². The monoisotopic (exact) mass is 408 g/mol. The summed E-state index contributed by atoms with van der Waals surface area (Å²) in [5, 5.41) is 19.9. The van der Waals surface area contributed by atoms with E-state index in [-0.39, 0.29) is 17.4 Å². The van der Waals surface area contributed by atoms with Crippen molar-refractivity contribution in [2.24, 2.45) is 0 Å². The molecule has 4 rings (SSSR count). The Hall–Kier alpha value is -2.46. The van der Waals surface area contributed by atoms with Crippen LogP contribution in [0.25, 0.3) is 5.57 Å². The molecule has 2 aliphatic rings. The Balaban J connectivity index is 1.74. The van der Waals surface area contributed by atoms with Gasteiger partial charge in [0.2, 0.25) is 10.0 Å². The van der Waals surface area contributed by atoms with Gasteiger partial charge in [-0.3, -0.25) is 0 Å². The van der Waals surface area contributed by atoms with Crippen molar-refractivity contribution in [2.75, 3.05) is 6.61 Å². The fourth-order valence-electron chi connectivity index (χ4n) is 4.55. The van der Waals surface area contributed by atoms with Crippen LogP contribution in [0.2, 0.25) is 0 Å². The number of aliphatic hydroxyl groups is 1. The van der Waals surface area contributed by atoms with Crippen molar-refractivity contribution < 1.29 is 13.5 Å². The van der Waals surface area contributed by atoms with Crippen LogP contribution in [-0.2, 0) is 10.0 Å². The van der Waals surface area contributed by atoms with Crippen LogP contribution in [0.5, 0.6) is 0 Å². The Kier molecular flexibility index (Phi) is 5.55. The number of aliphatic hydroxyl groups excluding tert-OH is 1. The normalized spacial score (nSPS) is 25.0. The molecular formula is C23H24N2O3S. The molecule has 0 amide bonds. The average Bonchev–Trinajstić information content (AvgIpc) is 2.75. The van der Waals surface area contributed by atoms with Gasteiger partial charge in [0, 0.05) is 5.92 Å². The minimum absolute atomic E-state index is 0.139. The number of nitrogens with zero attached hydrogens (tertiary/aromatic N) is 2. The fourth-order valence-corrected chi connectivity index (χ4v) is 6.32. The Bertz CT molecular complexity index is 1060. The third-order valence-electron chi connectivity index (χ3n) is 5.95. The molecule has 0 saturated carbocycles. The smallest absolute Gasteiger partial charge is 0.244 e. The highest BCUT2D eigenvalue weighted by Gasteiger charge is 2.55. The Morgan fingerprint density at radius 1 is 1.07 bits per heavy atom. The molecule has 1 fully saturated rings. The number of allylic oxidation sites excluding steroid dienone is 2. The van der Waals surface area contributed by atoms with Crippen molar-refractivity contribution in [1.82, 2.24) is 4.31 Å². The summed E-state index contributed by atoms with van der Waals surface area (Å²) < 4.78 is 27.5. The highest BCUT2D eigenvalue weighted by Crippen LogP contribution is 2.46. The molecule has 1 aliphatic carbocycles. The van der Waals surface area contributed by atoms with Gasteiger partial charge in [0.1, 0.15) is 6.04 Å². The van der Waals surface area contributed by atoms with Gasteiger partial charge < -0.3 is 5.11 Å². The minimum atomic E-state index is -3.87. The molecule has 0 aromatic heterocycles. The number of rotatable bonds is 5. The van der Waals surface area contributed by atoms with Crippen LogP contribution in [0.15, 0.2) is 65.6 Å². The minimum Gasteiger partial charge on any atom is -0.395 e. The molecule has 0 spiro atoms. The maximum atomic E-state index is 13.2. The Labute approximate surface area is 172 Å². The second-order valence-electron chi connectivity index (χ2n) is 7.56. The molecule has 3 atom stereocenters. The van der Waals surface area contributed by atoms with Gasteiger partial charge in [0.05, 0.1) is 23.6 Å². The first-order chi connectivity index (χ1) is 14.1. The van der Waals surface area contributed by atoms with Crippen LogP contribution in [-0.4, -0.2) is 36.5 Å². The zero-order chi connectivity index (χ0) is 20.4. The molecule has 150 valence electrons. The third-order valence-corrected chi connectivity index (χ3v) is 7.87. The molecular weight excluding hydrogens is 384 g/mol. The summed E-state index contributed by atoms with van der Waals surface area (Å²) in [6, 6.07) is 16.7. The summed E-state index contributed by atoms with van der Waals surface area (Å²) in [5.74, 6) is -0.359. The molecule has 5 nitrogen and oxygen atoms in total. The van der Waals surface area contributed by atoms with E-state index in [2.05, 4.69) is 12.1 Å². The number of nitriles is 1. The topological polar surface area (TPSA) is 81.4 Å². The molecule has 1 aliphatic heterocycles. The van der Waals surface area contributed by atoms with Crippen molar-refractivity contribution in [3.8, 4) is 6.07 Å². The molecule has 6 heteroatoms. The maximum absolute atomic E-state index is 13.2. The van der Waals surface area contributed by atoms with Crippen LogP contribution in [0.3, 0.4) is 0 Å². The standard InChI is InChI=1S/C23H24N2O3S/c24-15-21-23(20-14-8-7-13-19(20)17-9-3-1-4-10-17)22(16-26)25(21)29(27,28)18-11-5-2-6-12-18/h2,5-9,11-14,21-23,26H,1,3-4,10,16H2/t21-,22-,23-/m0/s1. The van der Waals surface area contributed by atoms with E-state index in [1.54, 1.807) is 18.2 Å². The Morgan fingerprint density at radius 3 is 2.45 bits per heavy atom. The van der Waals surface area contributed by atoms with E-state index in [1.807, 2.05) is 24.3 Å². The van der Waals surface area contributed by atoms with E-state index in [0.29, 0.717) is 0 Å². The molecule has 0 unspecified atom stereocenters. The van der Waals surface area contributed by atoms with Crippen molar-refractivity contribution in [1.29, 1.82) is 5.26 Å². The lowest BCUT2D eigenvalue weighted by Gasteiger charge is -2.50. The van der Waals surface area contributed by atoms with E-state index in [1.165, 1.54) is 28.4 Å². The number of benzene rings is 2. The number of hydrogen-bond donors (Lipinski definition) is 1. The number of hydrogen-bond acceptors (Lipinski definition) is 4. The predicted octanol–water partition coefficient (Wildman–Crippen LogP) is 3.69. The lowest BCUT2D eigenvalue weighted by atomic mass is 9.74. The average molecular weight is 409 g/mol. The van der Waals surface area contributed by atoms with Crippen molar-refractivity contribution >= 4 is 15.6 Å². The first-order valence-corrected chi connectivity index (χ1v) is 11.4.